The monoisotopic (exact) mass is 394 g/mol. The molecule has 1 amide bonds. The van der Waals surface area contributed by atoms with Crippen LogP contribution in [-0.2, 0) is 20.7 Å². The van der Waals surface area contributed by atoms with Crippen LogP contribution in [0.2, 0.25) is 5.02 Å². The number of nitro groups is 1. The first kappa shape index (κ1) is 17.8. The van der Waals surface area contributed by atoms with Gasteiger partial charge in [0.2, 0.25) is 0 Å². The van der Waals surface area contributed by atoms with Crippen molar-refractivity contribution in [2.45, 2.75) is 6.42 Å². The van der Waals surface area contributed by atoms with Crippen LogP contribution in [0.4, 0.5) is 11.4 Å². The summed E-state index contributed by atoms with van der Waals surface area (Å²) in [5.74, 6) is -1.21. The number of nitrogens with zero attached hydrogens (tertiary/aromatic N) is 3. The Hall–Kier alpha value is -2.98. The minimum atomic E-state index is -0.611. The zero-order chi connectivity index (χ0) is 18.7. The van der Waals surface area contributed by atoms with Gasteiger partial charge in [0.05, 0.1) is 27.7 Å². The maximum absolute atomic E-state index is 11.8. The number of nitro benzene ring substituents is 1. The molecule has 0 unspecified atom stereocenters. The number of rotatable bonds is 6. The van der Waals surface area contributed by atoms with Crippen LogP contribution < -0.4 is 5.32 Å². The van der Waals surface area contributed by atoms with Crippen molar-refractivity contribution in [2.24, 2.45) is 0 Å². The molecule has 0 spiro atoms. The molecule has 2 aromatic heterocycles. The Morgan fingerprint density at radius 3 is 2.92 bits per heavy atom. The second-order valence-electron chi connectivity index (χ2n) is 5.13. The van der Waals surface area contributed by atoms with Crippen molar-refractivity contribution in [3.8, 4) is 0 Å². The molecule has 0 saturated heterocycles. The van der Waals surface area contributed by atoms with E-state index in [0.29, 0.717) is 5.69 Å². The molecule has 3 rings (SSSR count). The SMILES string of the molecule is O=C(COC(=O)Cc1cn2ccsc2n1)Nc1ccc([N+](=O)[O-])cc1Cl. The minimum Gasteiger partial charge on any atom is -0.455 e. The number of imidazole rings is 1. The quantitative estimate of drug-likeness (QED) is 0.390. The van der Waals surface area contributed by atoms with Gasteiger partial charge in [0.15, 0.2) is 11.6 Å². The maximum atomic E-state index is 11.8. The zero-order valence-electron chi connectivity index (χ0n) is 13.0. The molecule has 0 bridgehead atoms. The van der Waals surface area contributed by atoms with Gasteiger partial charge in [-0.25, -0.2) is 4.98 Å². The number of anilines is 1. The standard InChI is InChI=1S/C15H11ClN4O5S/c16-11-6-10(20(23)24)1-2-12(11)18-13(21)8-25-14(22)5-9-7-19-3-4-26-15(19)17-9/h1-4,6-7H,5,8H2,(H,18,21). The van der Waals surface area contributed by atoms with Crippen LogP contribution in [0, 0.1) is 10.1 Å². The van der Waals surface area contributed by atoms with E-state index in [1.807, 2.05) is 11.6 Å². The molecule has 0 aliphatic rings. The van der Waals surface area contributed by atoms with Crippen molar-refractivity contribution < 1.29 is 19.2 Å². The van der Waals surface area contributed by atoms with Crippen molar-refractivity contribution in [3.63, 3.8) is 0 Å². The van der Waals surface area contributed by atoms with Crippen molar-refractivity contribution in [3.05, 3.63) is 56.8 Å². The summed E-state index contributed by atoms with van der Waals surface area (Å²) < 4.78 is 6.69. The van der Waals surface area contributed by atoms with Crippen molar-refractivity contribution in [2.75, 3.05) is 11.9 Å². The van der Waals surface area contributed by atoms with Crippen LogP contribution >= 0.6 is 22.9 Å². The van der Waals surface area contributed by atoms with Gasteiger partial charge in [0.1, 0.15) is 0 Å². The Balaban J connectivity index is 1.51. The van der Waals surface area contributed by atoms with E-state index in [9.17, 15) is 19.7 Å². The summed E-state index contributed by atoms with van der Waals surface area (Å²) in [6, 6.07) is 3.63. The summed E-state index contributed by atoms with van der Waals surface area (Å²) in [5, 5.41) is 15.0. The third-order valence-corrected chi connectivity index (χ3v) is 4.35. The number of carbonyl (C=O) groups excluding carboxylic acids is 2. The summed E-state index contributed by atoms with van der Waals surface area (Å²) >= 11 is 7.32. The number of thiazole rings is 1. The Kier molecular flexibility index (Phi) is 5.14. The van der Waals surface area contributed by atoms with Gasteiger partial charge in [-0.05, 0) is 6.07 Å². The number of ether oxygens (including phenoxy) is 1. The third kappa shape index (κ3) is 4.16. The smallest absolute Gasteiger partial charge is 0.312 e. The van der Waals surface area contributed by atoms with E-state index in [0.717, 1.165) is 11.0 Å². The lowest BCUT2D eigenvalue weighted by Crippen LogP contribution is -2.21. The van der Waals surface area contributed by atoms with Gasteiger partial charge >= 0.3 is 5.97 Å². The molecule has 2 heterocycles. The molecule has 1 N–H and O–H groups in total. The molecular formula is C15H11ClN4O5S. The number of benzene rings is 1. The average molecular weight is 395 g/mol. The van der Waals surface area contributed by atoms with Crippen molar-refractivity contribution in [1.82, 2.24) is 9.38 Å². The Bertz CT molecular complexity index is 971. The van der Waals surface area contributed by atoms with Gasteiger partial charge in [0, 0.05) is 29.9 Å². The molecule has 9 nitrogen and oxygen atoms in total. The highest BCUT2D eigenvalue weighted by atomic mass is 35.5. The van der Waals surface area contributed by atoms with Gasteiger partial charge in [-0.3, -0.25) is 24.1 Å². The largest absolute Gasteiger partial charge is 0.455 e. The normalized spacial score (nSPS) is 10.7. The maximum Gasteiger partial charge on any atom is 0.312 e. The fourth-order valence-electron chi connectivity index (χ4n) is 2.11. The lowest BCUT2D eigenvalue weighted by atomic mass is 10.3. The van der Waals surface area contributed by atoms with E-state index >= 15 is 0 Å². The summed E-state index contributed by atoms with van der Waals surface area (Å²) in [6.45, 7) is -0.506. The van der Waals surface area contributed by atoms with Crippen LogP contribution in [0.3, 0.4) is 0 Å². The first-order valence-corrected chi connectivity index (χ1v) is 8.48. The summed E-state index contributed by atoms with van der Waals surface area (Å²) in [4.78, 5) is 38.7. The summed E-state index contributed by atoms with van der Waals surface area (Å²) in [6.07, 6.45) is 3.48. The number of aromatic nitrogens is 2. The molecule has 26 heavy (non-hydrogen) atoms. The molecule has 0 saturated carbocycles. The lowest BCUT2D eigenvalue weighted by molar-refractivity contribution is -0.384. The number of fused-ring (bicyclic) bond motifs is 1. The zero-order valence-corrected chi connectivity index (χ0v) is 14.6. The number of hydrogen-bond acceptors (Lipinski definition) is 7. The second-order valence-corrected chi connectivity index (χ2v) is 6.41. The molecule has 1 aromatic carbocycles. The number of hydrogen-bond donors (Lipinski definition) is 1. The van der Waals surface area contributed by atoms with Gasteiger partial charge in [-0.15, -0.1) is 11.3 Å². The van der Waals surface area contributed by atoms with E-state index < -0.39 is 23.4 Å². The second kappa shape index (κ2) is 7.50. The van der Waals surface area contributed by atoms with Crippen LogP contribution in [-0.4, -0.2) is 32.8 Å². The fourth-order valence-corrected chi connectivity index (χ4v) is 3.05. The van der Waals surface area contributed by atoms with Gasteiger partial charge in [-0.2, -0.15) is 0 Å². The van der Waals surface area contributed by atoms with Gasteiger partial charge < -0.3 is 10.1 Å². The third-order valence-electron chi connectivity index (χ3n) is 3.27. The van der Waals surface area contributed by atoms with Crippen LogP contribution in [0.15, 0.2) is 36.0 Å². The lowest BCUT2D eigenvalue weighted by Gasteiger charge is -2.07. The highest BCUT2D eigenvalue weighted by molar-refractivity contribution is 7.15. The summed E-state index contributed by atoms with van der Waals surface area (Å²) in [7, 11) is 0. The number of non-ortho nitro benzene ring substituents is 1. The number of esters is 1. The predicted molar refractivity (Wildman–Crippen MR) is 94.5 cm³/mol. The molecule has 0 fully saturated rings. The molecule has 0 radical (unpaired) electrons. The first-order chi connectivity index (χ1) is 12.4. The van der Waals surface area contributed by atoms with E-state index in [1.54, 1.807) is 10.6 Å². The topological polar surface area (TPSA) is 116 Å². The van der Waals surface area contributed by atoms with Crippen LogP contribution in [0.1, 0.15) is 5.69 Å². The fraction of sp³-hybridized carbons (Fsp3) is 0.133. The predicted octanol–water partition coefficient (Wildman–Crippen LogP) is 2.68. The Morgan fingerprint density at radius 1 is 1.42 bits per heavy atom. The van der Waals surface area contributed by atoms with Crippen molar-refractivity contribution in [1.29, 1.82) is 0 Å². The van der Waals surface area contributed by atoms with E-state index in [2.05, 4.69) is 10.3 Å². The number of nitrogens with one attached hydrogen (secondary N) is 1. The van der Waals surface area contributed by atoms with E-state index in [4.69, 9.17) is 16.3 Å². The average Bonchev–Trinajstić information content (AvgIpc) is 3.16. The minimum absolute atomic E-state index is 0.0111. The summed E-state index contributed by atoms with van der Waals surface area (Å²) in [5.41, 5.74) is 0.535. The highest BCUT2D eigenvalue weighted by Crippen LogP contribution is 2.26. The van der Waals surface area contributed by atoms with Gasteiger partial charge in [0.25, 0.3) is 11.6 Å². The number of halogens is 1. The number of carbonyl (C=O) groups is 2. The highest BCUT2D eigenvalue weighted by Gasteiger charge is 2.14. The van der Waals surface area contributed by atoms with Crippen LogP contribution in [0.5, 0.6) is 0 Å². The molecule has 11 heteroatoms. The van der Waals surface area contributed by atoms with Crippen LogP contribution in [0.25, 0.3) is 4.96 Å². The van der Waals surface area contributed by atoms with Gasteiger partial charge in [-0.1, -0.05) is 11.6 Å². The van der Waals surface area contributed by atoms with Crippen molar-refractivity contribution >= 4 is 51.1 Å². The number of amides is 1. The molecule has 3 aromatic rings. The molecule has 0 aliphatic heterocycles. The van der Waals surface area contributed by atoms with E-state index in [-0.39, 0.29) is 22.8 Å². The molecule has 0 aliphatic carbocycles. The Morgan fingerprint density at radius 2 is 2.23 bits per heavy atom. The van der Waals surface area contributed by atoms with E-state index in [1.165, 1.54) is 23.5 Å². The molecular weight excluding hydrogens is 384 g/mol. The molecule has 134 valence electrons. The Labute approximate surface area is 155 Å². The molecule has 0 atom stereocenters. The first-order valence-electron chi connectivity index (χ1n) is 7.23.